The average Bonchev–Trinajstić information content (AvgIpc) is 2.08. The normalized spacial score (nSPS) is 14.0. The molecule has 0 saturated heterocycles. The third-order valence-electron chi connectivity index (χ3n) is 1.39. The molecule has 1 unspecified atom stereocenters. The molecule has 0 aromatic heterocycles. The van der Waals surface area contributed by atoms with Crippen molar-refractivity contribution in [3.8, 4) is 0 Å². The second-order valence-electron chi connectivity index (χ2n) is 2.53. The lowest BCUT2D eigenvalue weighted by Crippen LogP contribution is -2.20. The second-order valence-corrected chi connectivity index (χ2v) is 4.14. The van der Waals surface area contributed by atoms with Gasteiger partial charge in [0.1, 0.15) is 0 Å². The van der Waals surface area contributed by atoms with E-state index in [4.69, 9.17) is 5.73 Å². The number of halogens is 4. The molecule has 0 radical (unpaired) electrons. The van der Waals surface area contributed by atoms with Gasteiger partial charge in [-0.05, 0) is 36.0 Å². The molecule has 0 amide bonds. The minimum absolute atomic E-state index is 0.0669. The van der Waals surface area contributed by atoms with Crippen molar-refractivity contribution in [2.24, 2.45) is 0 Å². The Labute approximate surface area is 88.4 Å². The fourth-order valence-electron chi connectivity index (χ4n) is 0.738. The Morgan fingerprint density at radius 1 is 1.29 bits per heavy atom. The number of anilines is 1. The molecule has 0 bridgehead atoms. The van der Waals surface area contributed by atoms with Crippen LogP contribution in [-0.4, -0.2) is 10.9 Å². The molecule has 0 heterocycles. The average molecular weight is 242 g/mol. The van der Waals surface area contributed by atoms with Crippen LogP contribution in [0.15, 0.2) is 29.2 Å². The molecule has 6 heteroatoms. The van der Waals surface area contributed by atoms with E-state index in [2.05, 4.69) is 11.6 Å². The Bertz CT molecular complexity index is 302. The van der Waals surface area contributed by atoms with E-state index in [-0.39, 0.29) is 16.7 Å². The number of rotatable bonds is 3. The van der Waals surface area contributed by atoms with Crippen LogP contribution in [0, 0.1) is 0 Å². The lowest BCUT2D eigenvalue weighted by atomic mass is 10.3. The minimum Gasteiger partial charge on any atom is -0.399 e. The Kier molecular flexibility index (Phi) is 3.55. The van der Waals surface area contributed by atoms with E-state index in [1.807, 2.05) is 0 Å². The second kappa shape index (κ2) is 4.31. The summed E-state index contributed by atoms with van der Waals surface area (Å²) in [5.74, 6) is 0. The number of nitrogens with two attached hydrogens (primary N) is 1. The molecule has 1 atom stereocenters. The van der Waals surface area contributed by atoms with Gasteiger partial charge in [0.25, 0.3) is 0 Å². The van der Waals surface area contributed by atoms with Gasteiger partial charge in [-0.1, -0.05) is 11.6 Å². The number of hydrogen-bond donors (Lipinski definition) is 1. The van der Waals surface area contributed by atoms with Crippen LogP contribution in [0.5, 0.6) is 0 Å². The SMILES string of the molecule is Nc1ccc(SC(F)(F)C(F)Cl)cc1. The van der Waals surface area contributed by atoms with Crippen LogP contribution in [0.1, 0.15) is 0 Å². The van der Waals surface area contributed by atoms with E-state index < -0.39 is 10.9 Å². The standard InChI is InChI=1S/C8H7ClF3NS/c9-7(10)8(11,12)14-6-3-1-5(13)2-4-6/h1-4,7H,13H2. The van der Waals surface area contributed by atoms with Crippen molar-refractivity contribution in [3.63, 3.8) is 0 Å². The van der Waals surface area contributed by atoms with Gasteiger partial charge in [0.15, 0.2) is 0 Å². The number of nitrogen functional groups attached to an aromatic ring is 1. The molecule has 1 rings (SSSR count). The van der Waals surface area contributed by atoms with Crippen LogP contribution >= 0.6 is 23.4 Å². The summed E-state index contributed by atoms with van der Waals surface area (Å²) in [7, 11) is 0. The van der Waals surface area contributed by atoms with Crippen LogP contribution < -0.4 is 5.73 Å². The molecule has 0 spiro atoms. The van der Waals surface area contributed by atoms with Crippen molar-refractivity contribution >= 4 is 29.1 Å². The molecule has 0 aliphatic rings. The van der Waals surface area contributed by atoms with Gasteiger partial charge in [0.2, 0.25) is 5.63 Å². The minimum atomic E-state index is -3.63. The monoisotopic (exact) mass is 241 g/mol. The van der Waals surface area contributed by atoms with Crippen LogP contribution in [0.2, 0.25) is 0 Å². The van der Waals surface area contributed by atoms with E-state index in [1.54, 1.807) is 0 Å². The first-order valence-electron chi connectivity index (χ1n) is 3.62. The van der Waals surface area contributed by atoms with Gasteiger partial charge in [-0.15, -0.1) is 0 Å². The highest BCUT2D eigenvalue weighted by molar-refractivity contribution is 8.00. The lowest BCUT2D eigenvalue weighted by Gasteiger charge is -2.15. The third-order valence-corrected chi connectivity index (χ3v) is 2.78. The van der Waals surface area contributed by atoms with E-state index in [0.717, 1.165) is 0 Å². The summed E-state index contributed by atoms with van der Waals surface area (Å²) in [6.45, 7) is 0. The van der Waals surface area contributed by atoms with Crippen LogP contribution in [-0.2, 0) is 0 Å². The van der Waals surface area contributed by atoms with Gasteiger partial charge >= 0.3 is 5.25 Å². The molecular weight excluding hydrogens is 235 g/mol. The molecule has 1 aromatic carbocycles. The zero-order valence-corrected chi connectivity index (χ0v) is 8.46. The summed E-state index contributed by atoms with van der Waals surface area (Å²) in [5, 5.41) is -3.63. The van der Waals surface area contributed by atoms with E-state index in [0.29, 0.717) is 5.69 Å². The maximum atomic E-state index is 12.8. The van der Waals surface area contributed by atoms with Crippen LogP contribution in [0.25, 0.3) is 0 Å². The van der Waals surface area contributed by atoms with Gasteiger partial charge in [-0.25, -0.2) is 4.39 Å². The molecule has 14 heavy (non-hydrogen) atoms. The van der Waals surface area contributed by atoms with Crippen molar-refractivity contribution in [3.05, 3.63) is 24.3 Å². The van der Waals surface area contributed by atoms with Gasteiger partial charge in [0.05, 0.1) is 0 Å². The number of benzene rings is 1. The Morgan fingerprint density at radius 3 is 2.21 bits per heavy atom. The molecule has 0 saturated carbocycles. The fourth-order valence-corrected chi connectivity index (χ4v) is 1.55. The summed E-state index contributed by atoms with van der Waals surface area (Å²) < 4.78 is 37.7. The molecule has 2 N–H and O–H groups in total. The van der Waals surface area contributed by atoms with Gasteiger partial charge in [0, 0.05) is 10.6 Å². The van der Waals surface area contributed by atoms with Crippen LogP contribution in [0.4, 0.5) is 18.9 Å². The number of alkyl halides is 4. The summed E-state index contributed by atoms with van der Waals surface area (Å²) >= 11 is 4.76. The van der Waals surface area contributed by atoms with Crippen LogP contribution in [0.3, 0.4) is 0 Å². The molecule has 1 aromatic rings. The summed E-state index contributed by atoms with van der Waals surface area (Å²) in [6.07, 6.45) is 0. The molecule has 78 valence electrons. The fraction of sp³-hybridized carbons (Fsp3) is 0.250. The van der Waals surface area contributed by atoms with E-state index in [1.165, 1.54) is 24.3 Å². The highest BCUT2D eigenvalue weighted by Gasteiger charge is 2.40. The Hall–Kier alpha value is -0.550. The molecule has 0 aliphatic heterocycles. The van der Waals surface area contributed by atoms with Crippen molar-refractivity contribution in [1.29, 1.82) is 0 Å². The predicted molar refractivity (Wildman–Crippen MR) is 52.4 cm³/mol. The third kappa shape index (κ3) is 2.99. The largest absolute Gasteiger partial charge is 0.399 e. The predicted octanol–water partition coefficient (Wildman–Crippen LogP) is 3.49. The Morgan fingerprint density at radius 2 is 1.79 bits per heavy atom. The molecule has 0 aliphatic carbocycles. The topological polar surface area (TPSA) is 26.0 Å². The van der Waals surface area contributed by atoms with Gasteiger partial charge in [-0.2, -0.15) is 8.78 Å². The summed E-state index contributed by atoms with van der Waals surface area (Å²) in [4.78, 5) is 0.215. The molecule has 0 fully saturated rings. The highest BCUT2D eigenvalue weighted by Crippen LogP contribution is 2.41. The Balaban J connectivity index is 2.74. The number of hydrogen-bond acceptors (Lipinski definition) is 2. The summed E-state index contributed by atoms with van der Waals surface area (Å²) in [6, 6.07) is 5.68. The smallest absolute Gasteiger partial charge is 0.342 e. The van der Waals surface area contributed by atoms with Crippen molar-refractivity contribution in [2.45, 2.75) is 15.8 Å². The van der Waals surface area contributed by atoms with Crippen molar-refractivity contribution < 1.29 is 13.2 Å². The van der Waals surface area contributed by atoms with Gasteiger partial charge < -0.3 is 5.73 Å². The first-order valence-corrected chi connectivity index (χ1v) is 4.87. The van der Waals surface area contributed by atoms with E-state index >= 15 is 0 Å². The maximum absolute atomic E-state index is 12.8. The zero-order chi connectivity index (χ0) is 10.8. The lowest BCUT2D eigenvalue weighted by molar-refractivity contribution is 0.0537. The highest BCUT2D eigenvalue weighted by atomic mass is 35.5. The summed E-state index contributed by atoms with van der Waals surface area (Å²) in [5.41, 5.74) is 3.11. The first-order chi connectivity index (χ1) is 6.42. The van der Waals surface area contributed by atoms with E-state index in [9.17, 15) is 13.2 Å². The number of thioether (sulfide) groups is 1. The van der Waals surface area contributed by atoms with Gasteiger partial charge in [-0.3, -0.25) is 0 Å². The van der Waals surface area contributed by atoms with Crippen molar-refractivity contribution in [2.75, 3.05) is 5.73 Å². The quantitative estimate of drug-likeness (QED) is 0.498. The first kappa shape index (κ1) is 11.5. The zero-order valence-electron chi connectivity index (χ0n) is 6.88. The van der Waals surface area contributed by atoms with Crippen molar-refractivity contribution in [1.82, 2.24) is 0 Å². The molecule has 1 nitrogen and oxygen atoms in total. The molecular formula is C8H7ClF3NS. The maximum Gasteiger partial charge on any atom is 0.342 e.